The zero-order chi connectivity index (χ0) is 11.7. The molecule has 0 saturated heterocycles. The monoisotopic (exact) mass is 306 g/mol. The van der Waals surface area contributed by atoms with Crippen molar-refractivity contribution < 1.29 is 4.74 Å². The molecule has 16 heavy (non-hydrogen) atoms. The molecule has 1 aliphatic rings. The van der Waals surface area contributed by atoms with Gasteiger partial charge in [-0.25, -0.2) is 4.98 Å². The standard InChI is InChI=1S/C10H12BrClN2O2/c1-16-5-7(6-2-3-6)14-4-8(12)13-9(11)10(14)15/h4,6-7H,2-3,5H2,1H3/t7-/m1/s1. The molecule has 88 valence electrons. The number of hydrogen-bond donors (Lipinski definition) is 0. The van der Waals surface area contributed by atoms with Gasteiger partial charge in [-0.3, -0.25) is 4.79 Å². The summed E-state index contributed by atoms with van der Waals surface area (Å²) in [5, 5.41) is 0.313. The van der Waals surface area contributed by atoms with Crippen LogP contribution < -0.4 is 5.56 Å². The van der Waals surface area contributed by atoms with Gasteiger partial charge >= 0.3 is 0 Å². The summed E-state index contributed by atoms with van der Waals surface area (Å²) in [4.78, 5) is 15.8. The lowest BCUT2D eigenvalue weighted by Crippen LogP contribution is -2.29. The van der Waals surface area contributed by atoms with Gasteiger partial charge in [0.25, 0.3) is 5.56 Å². The summed E-state index contributed by atoms with van der Waals surface area (Å²) in [6.45, 7) is 0.525. The number of rotatable bonds is 4. The van der Waals surface area contributed by atoms with Crippen molar-refractivity contribution in [3.8, 4) is 0 Å². The molecule has 1 heterocycles. The first-order valence-corrected chi connectivity index (χ1v) is 6.23. The van der Waals surface area contributed by atoms with Crippen molar-refractivity contribution in [1.29, 1.82) is 0 Å². The van der Waals surface area contributed by atoms with Gasteiger partial charge in [0.15, 0.2) is 4.60 Å². The molecule has 1 saturated carbocycles. The highest BCUT2D eigenvalue weighted by molar-refractivity contribution is 9.10. The fourth-order valence-corrected chi connectivity index (χ4v) is 2.48. The van der Waals surface area contributed by atoms with Gasteiger partial charge in [-0.15, -0.1) is 0 Å². The normalized spacial score (nSPS) is 17.4. The molecule has 2 rings (SSSR count). The third-order valence-electron chi connectivity index (χ3n) is 2.72. The number of halogens is 2. The summed E-state index contributed by atoms with van der Waals surface area (Å²) in [5.74, 6) is 0.517. The predicted molar refractivity (Wildman–Crippen MR) is 64.8 cm³/mol. The zero-order valence-electron chi connectivity index (χ0n) is 8.82. The van der Waals surface area contributed by atoms with Gasteiger partial charge < -0.3 is 9.30 Å². The van der Waals surface area contributed by atoms with E-state index in [2.05, 4.69) is 20.9 Å². The molecule has 1 aromatic heterocycles. The van der Waals surface area contributed by atoms with Crippen LogP contribution >= 0.6 is 27.5 Å². The van der Waals surface area contributed by atoms with Crippen molar-refractivity contribution >= 4 is 27.5 Å². The highest BCUT2D eigenvalue weighted by Gasteiger charge is 2.33. The number of nitrogens with zero attached hydrogens (tertiary/aromatic N) is 2. The van der Waals surface area contributed by atoms with Crippen LogP contribution in [0.1, 0.15) is 18.9 Å². The molecule has 1 atom stereocenters. The number of aromatic nitrogens is 2. The molecule has 1 aliphatic carbocycles. The summed E-state index contributed by atoms with van der Waals surface area (Å²) >= 11 is 8.97. The third-order valence-corrected chi connectivity index (χ3v) is 3.42. The van der Waals surface area contributed by atoms with Crippen LogP contribution in [0.25, 0.3) is 0 Å². The van der Waals surface area contributed by atoms with E-state index in [4.69, 9.17) is 16.3 Å². The fraction of sp³-hybridized carbons (Fsp3) is 0.600. The SMILES string of the molecule is COC[C@H](C1CC1)n1cc(Cl)nc(Br)c1=O. The van der Waals surface area contributed by atoms with Crippen molar-refractivity contribution in [2.75, 3.05) is 13.7 Å². The van der Waals surface area contributed by atoms with E-state index in [1.54, 1.807) is 17.9 Å². The molecular weight excluding hydrogens is 295 g/mol. The highest BCUT2D eigenvalue weighted by atomic mass is 79.9. The topological polar surface area (TPSA) is 44.1 Å². The second-order valence-electron chi connectivity index (χ2n) is 3.93. The van der Waals surface area contributed by atoms with E-state index in [0.29, 0.717) is 17.7 Å². The quantitative estimate of drug-likeness (QED) is 0.857. The van der Waals surface area contributed by atoms with Crippen LogP contribution in [-0.2, 0) is 4.74 Å². The Bertz CT molecular complexity index is 445. The molecule has 1 aromatic rings. The molecule has 0 aliphatic heterocycles. The number of methoxy groups -OCH3 is 1. The van der Waals surface area contributed by atoms with Gasteiger partial charge in [-0.2, -0.15) is 0 Å². The van der Waals surface area contributed by atoms with Gasteiger partial charge in [0, 0.05) is 13.3 Å². The maximum atomic E-state index is 11.9. The summed E-state index contributed by atoms with van der Waals surface area (Å²) < 4.78 is 7.03. The molecule has 0 spiro atoms. The lowest BCUT2D eigenvalue weighted by atomic mass is 10.2. The summed E-state index contributed by atoms with van der Waals surface area (Å²) in [6.07, 6.45) is 3.85. The van der Waals surface area contributed by atoms with Crippen molar-refractivity contribution in [3.63, 3.8) is 0 Å². The largest absolute Gasteiger partial charge is 0.383 e. The van der Waals surface area contributed by atoms with Crippen LogP contribution in [0.4, 0.5) is 0 Å². The van der Waals surface area contributed by atoms with Crippen LogP contribution in [0.3, 0.4) is 0 Å². The Balaban J connectivity index is 2.39. The van der Waals surface area contributed by atoms with E-state index in [0.717, 1.165) is 12.8 Å². The molecule has 0 unspecified atom stereocenters. The maximum Gasteiger partial charge on any atom is 0.284 e. The summed E-state index contributed by atoms with van der Waals surface area (Å²) in [6, 6.07) is 0.0642. The molecule has 1 fully saturated rings. The van der Waals surface area contributed by atoms with Gasteiger partial charge in [-0.05, 0) is 34.7 Å². The second kappa shape index (κ2) is 4.85. The van der Waals surface area contributed by atoms with Crippen LogP contribution in [0.2, 0.25) is 5.15 Å². The van der Waals surface area contributed by atoms with Crippen LogP contribution in [0.5, 0.6) is 0 Å². The van der Waals surface area contributed by atoms with Gasteiger partial charge in [-0.1, -0.05) is 11.6 Å². The first-order valence-electron chi connectivity index (χ1n) is 5.06. The average Bonchev–Trinajstić information content (AvgIpc) is 3.04. The smallest absolute Gasteiger partial charge is 0.284 e. The van der Waals surface area contributed by atoms with Crippen LogP contribution in [-0.4, -0.2) is 23.3 Å². The van der Waals surface area contributed by atoms with E-state index in [1.807, 2.05) is 0 Å². The lowest BCUT2D eigenvalue weighted by Gasteiger charge is -2.18. The molecule has 0 bridgehead atoms. The van der Waals surface area contributed by atoms with Gasteiger partial charge in [0.05, 0.1) is 12.6 Å². The van der Waals surface area contributed by atoms with Gasteiger partial charge in [0.1, 0.15) is 5.15 Å². The molecule has 0 radical (unpaired) electrons. The van der Waals surface area contributed by atoms with Crippen molar-refractivity contribution in [2.45, 2.75) is 18.9 Å². The minimum Gasteiger partial charge on any atom is -0.383 e. The zero-order valence-corrected chi connectivity index (χ0v) is 11.2. The Hall–Kier alpha value is -0.390. The molecule has 4 nitrogen and oxygen atoms in total. The second-order valence-corrected chi connectivity index (χ2v) is 5.07. The lowest BCUT2D eigenvalue weighted by molar-refractivity contribution is 0.143. The molecule has 0 N–H and O–H groups in total. The summed E-state index contributed by atoms with van der Waals surface area (Å²) in [7, 11) is 1.64. The first kappa shape index (κ1) is 12.1. The van der Waals surface area contributed by atoms with Crippen LogP contribution in [0.15, 0.2) is 15.6 Å². The van der Waals surface area contributed by atoms with Gasteiger partial charge in [0.2, 0.25) is 0 Å². The van der Waals surface area contributed by atoms with E-state index in [-0.39, 0.29) is 16.2 Å². The molecule has 0 aromatic carbocycles. The van der Waals surface area contributed by atoms with Crippen LogP contribution in [0, 0.1) is 5.92 Å². The Morgan fingerprint density at radius 2 is 2.44 bits per heavy atom. The van der Waals surface area contributed by atoms with E-state index in [1.165, 1.54) is 0 Å². The molecular formula is C10H12BrClN2O2. The molecule has 0 amide bonds. The highest BCUT2D eigenvalue weighted by Crippen LogP contribution is 2.39. The average molecular weight is 308 g/mol. The Morgan fingerprint density at radius 1 is 1.75 bits per heavy atom. The third kappa shape index (κ3) is 2.47. The van der Waals surface area contributed by atoms with Crippen molar-refractivity contribution in [3.05, 3.63) is 26.3 Å². The van der Waals surface area contributed by atoms with E-state index in [9.17, 15) is 4.79 Å². The van der Waals surface area contributed by atoms with E-state index < -0.39 is 0 Å². The first-order chi connectivity index (χ1) is 7.63. The fourth-order valence-electron chi connectivity index (χ4n) is 1.79. The minimum absolute atomic E-state index is 0.0642. The van der Waals surface area contributed by atoms with Crippen molar-refractivity contribution in [2.24, 2.45) is 5.92 Å². The summed E-state index contributed by atoms with van der Waals surface area (Å²) in [5.41, 5.74) is -0.154. The Morgan fingerprint density at radius 3 is 3.00 bits per heavy atom. The minimum atomic E-state index is -0.154. The van der Waals surface area contributed by atoms with E-state index >= 15 is 0 Å². The van der Waals surface area contributed by atoms with Crippen molar-refractivity contribution in [1.82, 2.24) is 9.55 Å². The predicted octanol–water partition coefficient (Wildman–Crippen LogP) is 2.26. The maximum absolute atomic E-state index is 11.9. The Labute approximate surface area is 107 Å². The Kier molecular flexibility index (Phi) is 3.66. The number of ether oxygens (including phenoxy) is 1. The number of hydrogen-bond acceptors (Lipinski definition) is 3. The molecule has 6 heteroatoms.